The Labute approximate surface area is 309 Å². The Morgan fingerprint density at radius 3 is 2.37 bits per heavy atom. The SMILES string of the molecule is [2H]C([2H])([2H])c1nc2cc3oc4c(-c5cc(-c6c(C)cccc6C)c(CC(C)(C)C)cn5)[c-]ccc4c3cc2s1.[Ir].[c-]1ccccc1-c1ccccn1. The molecule has 247 valence electrons. The molecule has 1 radical (unpaired) electrons. The zero-order valence-electron chi connectivity index (χ0n) is 31.0. The molecule has 0 spiro atoms. The summed E-state index contributed by atoms with van der Waals surface area (Å²) in [4.78, 5) is 13.5. The minimum absolute atomic E-state index is 0. The average molecular weight is 839 g/mol. The van der Waals surface area contributed by atoms with Crippen molar-refractivity contribution in [3.63, 3.8) is 0 Å². The summed E-state index contributed by atoms with van der Waals surface area (Å²) in [6.07, 6.45) is 4.70. The Hall–Kier alpha value is -4.48. The molecule has 6 heteroatoms. The van der Waals surface area contributed by atoms with Crippen molar-refractivity contribution >= 4 is 43.5 Å². The number of fused-ring (bicyclic) bond motifs is 4. The molecule has 0 aliphatic rings. The summed E-state index contributed by atoms with van der Waals surface area (Å²) in [5.74, 6) is 0. The summed E-state index contributed by atoms with van der Waals surface area (Å²) >= 11 is 1.20. The number of nitrogens with zero attached hydrogens (tertiary/aromatic N) is 3. The number of furan rings is 1. The Morgan fingerprint density at radius 1 is 0.837 bits per heavy atom. The Bertz CT molecular complexity index is 2440. The number of pyridine rings is 2. The third-order valence-corrected chi connectivity index (χ3v) is 9.14. The molecular weight excluding hydrogens is 799 g/mol. The van der Waals surface area contributed by atoms with E-state index in [9.17, 15) is 0 Å². The van der Waals surface area contributed by atoms with Gasteiger partial charge in [0.25, 0.3) is 0 Å². The summed E-state index contributed by atoms with van der Waals surface area (Å²) in [5.41, 5.74) is 11.9. The van der Waals surface area contributed by atoms with Crippen molar-refractivity contribution < 1.29 is 28.6 Å². The quantitative estimate of drug-likeness (QED) is 0.166. The molecule has 0 fully saturated rings. The van der Waals surface area contributed by atoms with Crippen LogP contribution in [0, 0.1) is 38.2 Å². The first-order chi connectivity index (χ1) is 24.4. The van der Waals surface area contributed by atoms with E-state index < -0.39 is 6.85 Å². The zero-order chi connectivity index (χ0) is 35.9. The van der Waals surface area contributed by atoms with Gasteiger partial charge in [0.1, 0.15) is 5.58 Å². The van der Waals surface area contributed by atoms with E-state index in [4.69, 9.17) is 13.5 Å². The van der Waals surface area contributed by atoms with Crippen molar-refractivity contribution in [1.82, 2.24) is 15.0 Å². The van der Waals surface area contributed by atoms with Crippen molar-refractivity contribution in [2.45, 2.75) is 47.9 Å². The summed E-state index contributed by atoms with van der Waals surface area (Å²) in [6.45, 7) is 8.84. The van der Waals surface area contributed by atoms with Crippen LogP contribution in [0.4, 0.5) is 0 Å². The molecule has 8 aromatic rings. The Morgan fingerprint density at radius 2 is 1.65 bits per heavy atom. The molecule has 0 saturated heterocycles. The van der Waals surface area contributed by atoms with Crippen molar-refractivity contribution in [3.8, 4) is 33.6 Å². The van der Waals surface area contributed by atoms with Gasteiger partial charge in [0.05, 0.1) is 20.8 Å². The van der Waals surface area contributed by atoms with Crippen LogP contribution in [0.25, 0.3) is 65.8 Å². The van der Waals surface area contributed by atoms with Crippen LogP contribution in [0.5, 0.6) is 0 Å². The molecule has 0 bridgehead atoms. The van der Waals surface area contributed by atoms with E-state index in [2.05, 4.69) is 81.0 Å². The molecule has 0 N–H and O–H groups in total. The molecule has 0 aliphatic heterocycles. The van der Waals surface area contributed by atoms with Gasteiger partial charge >= 0.3 is 0 Å². The molecule has 0 saturated carbocycles. The fourth-order valence-electron chi connectivity index (χ4n) is 6.23. The van der Waals surface area contributed by atoms with Crippen LogP contribution in [0.2, 0.25) is 0 Å². The van der Waals surface area contributed by atoms with Crippen molar-refractivity contribution in [1.29, 1.82) is 0 Å². The van der Waals surface area contributed by atoms with Crippen LogP contribution in [-0.4, -0.2) is 15.0 Å². The predicted octanol–water partition coefficient (Wildman–Crippen LogP) is 11.8. The number of rotatable bonds is 4. The maximum atomic E-state index is 7.72. The third-order valence-electron chi connectivity index (χ3n) is 8.31. The van der Waals surface area contributed by atoms with Crippen LogP contribution >= 0.6 is 11.3 Å². The van der Waals surface area contributed by atoms with E-state index in [-0.39, 0.29) is 30.5 Å². The molecule has 0 aliphatic carbocycles. The minimum Gasteiger partial charge on any atom is -0.501 e. The van der Waals surface area contributed by atoms with E-state index in [1.54, 1.807) is 6.20 Å². The molecule has 49 heavy (non-hydrogen) atoms. The van der Waals surface area contributed by atoms with E-state index in [0.717, 1.165) is 44.4 Å². The topological polar surface area (TPSA) is 51.8 Å². The molecule has 4 heterocycles. The van der Waals surface area contributed by atoms with Crippen LogP contribution in [0.1, 0.15) is 46.6 Å². The maximum absolute atomic E-state index is 7.72. The zero-order valence-corrected chi connectivity index (χ0v) is 31.2. The van der Waals surface area contributed by atoms with Gasteiger partial charge in [0, 0.05) is 48.1 Å². The van der Waals surface area contributed by atoms with Gasteiger partial charge in [0.2, 0.25) is 0 Å². The molecule has 4 aromatic carbocycles. The second-order valence-electron chi connectivity index (χ2n) is 13.3. The number of aromatic nitrogens is 3. The Kier molecular flexibility index (Phi) is 8.84. The van der Waals surface area contributed by atoms with Crippen LogP contribution in [0.15, 0.2) is 108 Å². The number of hydrogen-bond donors (Lipinski definition) is 0. The van der Waals surface area contributed by atoms with Gasteiger partial charge in [-0.25, -0.2) is 4.98 Å². The smallest absolute Gasteiger partial charge is 0.123 e. The predicted molar refractivity (Wildman–Crippen MR) is 200 cm³/mol. The fourth-order valence-corrected chi connectivity index (χ4v) is 6.97. The second kappa shape index (κ2) is 14.2. The second-order valence-corrected chi connectivity index (χ2v) is 14.3. The number of aryl methyl sites for hydroxylation is 3. The summed E-state index contributed by atoms with van der Waals surface area (Å²) < 4.78 is 30.4. The van der Waals surface area contributed by atoms with Crippen molar-refractivity contribution in [3.05, 3.63) is 137 Å². The minimum atomic E-state index is -2.23. The summed E-state index contributed by atoms with van der Waals surface area (Å²) in [5, 5.41) is 2.01. The van der Waals surface area contributed by atoms with E-state index in [0.29, 0.717) is 16.7 Å². The molecule has 0 amide bonds. The van der Waals surface area contributed by atoms with Crippen LogP contribution in [0.3, 0.4) is 0 Å². The molecule has 0 unspecified atom stereocenters. The van der Waals surface area contributed by atoms with Gasteiger partial charge in [-0.1, -0.05) is 68.1 Å². The molecule has 8 rings (SSSR count). The summed E-state index contributed by atoms with van der Waals surface area (Å²) in [7, 11) is 0. The first-order valence-electron chi connectivity index (χ1n) is 17.5. The van der Waals surface area contributed by atoms with Crippen molar-refractivity contribution in [2.75, 3.05) is 0 Å². The Balaban J connectivity index is 0.000000302. The van der Waals surface area contributed by atoms with Crippen molar-refractivity contribution in [2.24, 2.45) is 5.41 Å². The van der Waals surface area contributed by atoms with E-state index >= 15 is 0 Å². The number of thiazole rings is 1. The molecule has 4 nitrogen and oxygen atoms in total. The normalized spacial score (nSPS) is 12.6. The van der Waals surface area contributed by atoms with E-state index in [1.165, 1.54) is 39.2 Å². The maximum Gasteiger partial charge on any atom is 0.123 e. The molecule has 0 atom stereocenters. The van der Waals surface area contributed by atoms with Crippen LogP contribution < -0.4 is 0 Å². The third kappa shape index (κ3) is 7.28. The number of hydrogen-bond acceptors (Lipinski definition) is 5. The van der Waals surface area contributed by atoms with Gasteiger partial charge in [-0.2, -0.15) is 0 Å². The number of benzene rings is 4. The average Bonchev–Trinajstić information content (AvgIpc) is 3.69. The fraction of sp³-hybridized carbons (Fsp3) is 0.186. The monoisotopic (exact) mass is 839 g/mol. The first kappa shape index (κ1) is 30.6. The molecular formula is C43H37IrN3OS-2. The van der Waals surface area contributed by atoms with Gasteiger partial charge in [-0.3, -0.25) is 0 Å². The van der Waals surface area contributed by atoms with Gasteiger partial charge in [-0.05, 0) is 83.9 Å². The first-order valence-corrected chi connectivity index (χ1v) is 16.8. The van der Waals surface area contributed by atoms with Gasteiger partial charge in [0.15, 0.2) is 0 Å². The van der Waals surface area contributed by atoms with Gasteiger partial charge in [-0.15, -0.1) is 65.4 Å². The largest absolute Gasteiger partial charge is 0.501 e. The summed E-state index contributed by atoms with van der Waals surface area (Å²) in [6, 6.07) is 36.5. The standard InChI is InChI=1S/C32H29N2OS.C11H8N.Ir/c1-18-9-7-10-19(2)30(18)24-13-26(33-17-21(24)16-32(4,5)6)23-12-8-11-22-25-14-29-27(34-20(3)36-29)15-28(25)35-31(22)23;1-2-6-10(7-3-1)11-8-4-5-9-12-11;/h7-11,13-15,17H,16H2,1-6H3;1-6,8-9H;/q2*-1;/i3D3;;. The van der Waals surface area contributed by atoms with E-state index in [1.807, 2.05) is 72.9 Å². The van der Waals surface area contributed by atoms with Crippen LogP contribution in [-0.2, 0) is 26.5 Å². The molecule has 4 aromatic heterocycles. The van der Waals surface area contributed by atoms with Gasteiger partial charge < -0.3 is 14.4 Å².